The SMILES string of the molecule is CCCCCCCCOC(=S)SCc1cccs1. The molecule has 0 N–H and O–H groups in total. The summed E-state index contributed by atoms with van der Waals surface area (Å²) in [7, 11) is 0. The van der Waals surface area contributed by atoms with Gasteiger partial charge in [0.1, 0.15) is 0 Å². The van der Waals surface area contributed by atoms with Gasteiger partial charge < -0.3 is 4.74 Å². The van der Waals surface area contributed by atoms with Crippen LogP contribution in [-0.2, 0) is 10.5 Å². The molecule has 0 bridgehead atoms. The number of unbranched alkanes of at least 4 members (excludes halogenated alkanes) is 5. The summed E-state index contributed by atoms with van der Waals surface area (Å²) in [5, 5.41) is 2.09. The van der Waals surface area contributed by atoms with Crippen LogP contribution >= 0.6 is 35.3 Å². The Balaban J connectivity index is 1.90. The average Bonchev–Trinajstić information content (AvgIpc) is 2.88. The summed E-state index contributed by atoms with van der Waals surface area (Å²) in [4.78, 5) is 1.35. The second-order valence-electron chi connectivity index (χ2n) is 4.23. The molecule has 1 rings (SSSR count). The summed E-state index contributed by atoms with van der Waals surface area (Å²) in [5.74, 6) is 0.938. The van der Waals surface area contributed by atoms with Gasteiger partial charge in [0, 0.05) is 10.6 Å². The fourth-order valence-corrected chi connectivity index (χ4v) is 3.33. The molecular weight excluding hydrogens is 280 g/mol. The normalized spacial score (nSPS) is 10.5. The van der Waals surface area contributed by atoms with Gasteiger partial charge in [-0.3, -0.25) is 0 Å². The van der Waals surface area contributed by atoms with E-state index in [9.17, 15) is 0 Å². The lowest BCUT2D eigenvalue weighted by atomic mass is 10.1. The third kappa shape index (κ3) is 8.11. The van der Waals surface area contributed by atoms with Crippen molar-refractivity contribution in [2.24, 2.45) is 0 Å². The molecule has 0 amide bonds. The molecule has 0 aromatic carbocycles. The number of hydrogen-bond acceptors (Lipinski definition) is 4. The fraction of sp³-hybridized carbons (Fsp3) is 0.643. The van der Waals surface area contributed by atoms with Crippen LogP contribution in [0.2, 0.25) is 0 Å². The maximum Gasteiger partial charge on any atom is 0.220 e. The van der Waals surface area contributed by atoms with E-state index in [1.54, 1.807) is 23.1 Å². The van der Waals surface area contributed by atoms with Crippen molar-refractivity contribution in [1.29, 1.82) is 0 Å². The van der Waals surface area contributed by atoms with Crippen molar-refractivity contribution in [2.45, 2.75) is 51.2 Å². The van der Waals surface area contributed by atoms with E-state index in [2.05, 4.69) is 24.4 Å². The van der Waals surface area contributed by atoms with Crippen LogP contribution in [0.15, 0.2) is 17.5 Å². The molecule has 0 unspecified atom stereocenters. The minimum atomic E-state index is 0.692. The average molecular weight is 303 g/mol. The quantitative estimate of drug-likeness (QED) is 0.431. The molecule has 0 radical (unpaired) electrons. The standard InChI is InChI=1S/C14H22OS3/c1-2-3-4-5-6-7-10-15-14(16)18-12-13-9-8-11-17-13/h8-9,11H,2-7,10,12H2,1H3. The predicted octanol–water partition coefficient (Wildman–Crippen LogP) is 5.64. The maximum atomic E-state index is 5.55. The van der Waals surface area contributed by atoms with Crippen molar-refractivity contribution in [1.82, 2.24) is 0 Å². The minimum absolute atomic E-state index is 0.692. The van der Waals surface area contributed by atoms with Gasteiger partial charge in [0.25, 0.3) is 0 Å². The first-order valence-electron chi connectivity index (χ1n) is 6.65. The Morgan fingerprint density at radius 1 is 1.28 bits per heavy atom. The van der Waals surface area contributed by atoms with Crippen molar-refractivity contribution in [3.8, 4) is 0 Å². The highest BCUT2D eigenvalue weighted by Gasteiger charge is 2.01. The van der Waals surface area contributed by atoms with E-state index in [4.69, 9.17) is 17.0 Å². The van der Waals surface area contributed by atoms with Crippen LogP contribution in [0.25, 0.3) is 0 Å². The van der Waals surface area contributed by atoms with E-state index < -0.39 is 0 Å². The first-order chi connectivity index (χ1) is 8.83. The third-order valence-electron chi connectivity index (χ3n) is 2.63. The van der Waals surface area contributed by atoms with Gasteiger partial charge in [0.2, 0.25) is 4.38 Å². The molecule has 1 nitrogen and oxygen atoms in total. The monoisotopic (exact) mass is 302 g/mol. The molecule has 0 aliphatic heterocycles. The lowest BCUT2D eigenvalue weighted by molar-refractivity contribution is 0.308. The molecule has 0 atom stereocenters. The van der Waals surface area contributed by atoms with Crippen molar-refractivity contribution >= 4 is 39.7 Å². The Hall–Kier alpha value is -0.0600. The lowest BCUT2D eigenvalue weighted by Gasteiger charge is -2.06. The van der Waals surface area contributed by atoms with Crippen LogP contribution in [0.3, 0.4) is 0 Å². The number of thioether (sulfide) groups is 1. The van der Waals surface area contributed by atoms with E-state index in [0.717, 1.165) is 18.8 Å². The summed E-state index contributed by atoms with van der Waals surface area (Å²) in [6.45, 7) is 3.02. The van der Waals surface area contributed by atoms with Crippen LogP contribution in [0.1, 0.15) is 50.3 Å². The van der Waals surface area contributed by atoms with E-state index in [1.807, 2.05) is 0 Å². The summed E-state index contributed by atoms with van der Waals surface area (Å²) < 4.78 is 6.24. The van der Waals surface area contributed by atoms with Crippen molar-refractivity contribution in [3.05, 3.63) is 22.4 Å². The smallest absolute Gasteiger partial charge is 0.220 e. The number of ether oxygens (including phenoxy) is 1. The van der Waals surface area contributed by atoms with Crippen molar-refractivity contribution < 1.29 is 4.74 Å². The Morgan fingerprint density at radius 3 is 2.78 bits per heavy atom. The highest BCUT2D eigenvalue weighted by molar-refractivity contribution is 8.22. The van der Waals surface area contributed by atoms with Crippen molar-refractivity contribution in [3.63, 3.8) is 0 Å². The molecular formula is C14H22OS3. The first kappa shape index (κ1) is 16.0. The van der Waals surface area contributed by atoms with Crippen molar-refractivity contribution in [2.75, 3.05) is 6.61 Å². The van der Waals surface area contributed by atoms with Crippen LogP contribution in [0.4, 0.5) is 0 Å². The summed E-state index contributed by atoms with van der Waals surface area (Å²) in [6, 6.07) is 4.20. The second kappa shape index (κ2) is 10.8. The van der Waals surface area contributed by atoms with Gasteiger partial charge in [0.15, 0.2) is 0 Å². The lowest BCUT2D eigenvalue weighted by Crippen LogP contribution is -1.99. The van der Waals surface area contributed by atoms with Gasteiger partial charge in [0.05, 0.1) is 6.61 Å². The highest BCUT2D eigenvalue weighted by Crippen LogP contribution is 2.19. The number of hydrogen-bond donors (Lipinski definition) is 0. The zero-order chi connectivity index (χ0) is 13.1. The number of rotatable bonds is 9. The van der Waals surface area contributed by atoms with E-state index >= 15 is 0 Å². The molecule has 1 aromatic heterocycles. The highest BCUT2D eigenvalue weighted by atomic mass is 32.2. The molecule has 0 aliphatic rings. The number of thiophene rings is 1. The van der Waals surface area contributed by atoms with Crippen LogP contribution in [-0.4, -0.2) is 11.0 Å². The molecule has 102 valence electrons. The zero-order valence-corrected chi connectivity index (χ0v) is 13.5. The largest absolute Gasteiger partial charge is 0.479 e. The van der Waals surface area contributed by atoms with Crippen LogP contribution in [0, 0.1) is 0 Å². The molecule has 0 saturated heterocycles. The second-order valence-corrected chi connectivity index (χ2v) is 6.84. The molecule has 18 heavy (non-hydrogen) atoms. The van der Waals surface area contributed by atoms with Gasteiger partial charge in [-0.1, -0.05) is 56.9 Å². The summed E-state index contributed by atoms with van der Waals surface area (Å²) in [6.07, 6.45) is 7.73. The molecule has 1 heterocycles. The molecule has 0 fully saturated rings. The molecule has 4 heteroatoms. The number of thiocarbonyl (C=S) groups is 1. The van der Waals surface area contributed by atoms with Gasteiger partial charge >= 0.3 is 0 Å². The zero-order valence-electron chi connectivity index (χ0n) is 11.0. The minimum Gasteiger partial charge on any atom is -0.479 e. The van der Waals surface area contributed by atoms with Gasteiger partial charge in [-0.25, -0.2) is 0 Å². The fourth-order valence-electron chi connectivity index (χ4n) is 1.60. The first-order valence-corrected chi connectivity index (χ1v) is 8.92. The Labute approximate surface area is 124 Å². The van der Waals surface area contributed by atoms with E-state index in [-0.39, 0.29) is 0 Å². The Bertz CT molecular complexity index is 309. The Kier molecular flexibility index (Phi) is 9.62. The maximum absolute atomic E-state index is 5.55. The summed E-state index contributed by atoms with van der Waals surface area (Å²) in [5.41, 5.74) is 0. The van der Waals surface area contributed by atoms with Gasteiger partial charge in [-0.2, -0.15) is 0 Å². The predicted molar refractivity (Wildman–Crippen MR) is 87.5 cm³/mol. The Morgan fingerprint density at radius 2 is 2.06 bits per heavy atom. The van der Waals surface area contributed by atoms with Gasteiger partial charge in [-0.05, 0) is 30.1 Å². The van der Waals surface area contributed by atoms with E-state index in [0.29, 0.717) is 4.38 Å². The van der Waals surface area contributed by atoms with Gasteiger partial charge in [-0.15, -0.1) is 11.3 Å². The van der Waals surface area contributed by atoms with Crippen LogP contribution in [0.5, 0.6) is 0 Å². The van der Waals surface area contributed by atoms with Crippen LogP contribution < -0.4 is 0 Å². The third-order valence-corrected chi connectivity index (χ3v) is 4.97. The molecule has 0 saturated carbocycles. The molecule has 0 spiro atoms. The topological polar surface area (TPSA) is 9.23 Å². The van der Waals surface area contributed by atoms with E-state index in [1.165, 1.54) is 37.0 Å². The molecule has 0 aliphatic carbocycles. The summed E-state index contributed by atoms with van der Waals surface area (Å²) >= 11 is 8.59. The molecule has 1 aromatic rings.